The lowest BCUT2D eigenvalue weighted by molar-refractivity contribution is -0.119. The average Bonchev–Trinajstić information content (AvgIpc) is 3.40. The molecule has 1 fully saturated rings. The van der Waals surface area contributed by atoms with Crippen molar-refractivity contribution >= 4 is 39.0 Å². The fraction of sp³-hybridized carbons (Fsp3) is 0.389. The highest BCUT2D eigenvalue weighted by atomic mass is 32.1. The maximum atomic E-state index is 12.6. The van der Waals surface area contributed by atoms with Gasteiger partial charge in [-0.05, 0) is 25.0 Å². The number of carbonyl (C=O) groups excluding carboxylic acids is 3. The van der Waals surface area contributed by atoms with Gasteiger partial charge in [0.05, 0.1) is 33.1 Å². The van der Waals surface area contributed by atoms with Crippen molar-refractivity contribution in [2.45, 2.75) is 19.3 Å². The molecule has 3 rings (SSSR count). The van der Waals surface area contributed by atoms with Gasteiger partial charge in [-0.3, -0.25) is 9.59 Å². The van der Waals surface area contributed by atoms with Gasteiger partial charge in [0.1, 0.15) is 22.0 Å². The highest BCUT2D eigenvalue weighted by Crippen LogP contribution is 2.45. The van der Waals surface area contributed by atoms with Gasteiger partial charge in [-0.1, -0.05) is 0 Å². The van der Waals surface area contributed by atoms with E-state index < -0.39 is 5.97 Å². The molecule has 1 aromatic carbocycles. The number of ketones is 2. The van der Waals surface area contributed by atoms with Crippen LogP contribution in [0, 0.1) is 5.92 Å². The molecule has 7 heteroatoms. The molecule has 25 heavy (non-hydrogen) atoms. The molecule has 132 valence electrons. The summed E-state index contributed by atoms with van der Waals surface area (Å²) in [5.74, 6) is -0.168. The van der Waals surface area contributed by atoms with E-state index in [0.29, 0.717) is 21.8 Å². The molecule has 1 saturated carbocycles. The highest BCUT2D eigenvalue weighted by molar-refractivity contribution is 7.21. The van der Waals surface area contributed by atoms with E-state index in [4.69, 9.17) is 14.2 Å². The Bertz CT molecular complexity index is 862. The van der Waals surface area contributed by atoms with Crippen LogP contribution in [0.4, 0.5) is 0 Å². The summed E-state index contributed by atoms with van der Waals surface area (Å²) in [6, 6.07) is 3.31. The number of Topliss-reactive ketones (excluding diaryl/α,β-unsaturated/α-hetero) is 2. The van der Waals surface area contributed by atoms with E-state index in [-0.39, 0.29) is 29.5 Å². The average molecular weight is 362 g/mol. The van der Waals surface area contributed by atoms with Gasteiger partial charge >= 0.3 is 5.97 Å². The van der Waals surface area contributed by atoms with E-state index in [1.807, 2.05) is 0 Å². The largest absolute Gasteiger partial charge is 0.495 e. The molecule has 0 bridgehead atoms. The summed E-state index contributed by atoms with van der Waals surface area (Å²) in [4.78, 5) is 36.9. The highest BCUT2D eigenvalue weighted by Gasteiger charge is 2.33. The number of hydrogen-bond donors (Lipinski definition) is 0. The van der Waals surface area contributed by atoms with Crippen molar-refractivity contribution in [2.75, 3.05) is 21.3 Å². The summed E-state index contributed by atoms with van der Waals surface area (Å²) in [6.45, 7) is 0. The van der Waals surface area contributed by atoms with Crippen molar-refractivity contribution in [3.8, 4) is 11.5 Å². The number of esters is 1. The lowest BCUT2D eigenvalue weighted by Crippen LogP contribution is -2.09. The van der Waals surface area contributed by atoms with Gasteiger partial charge in [0, 0.05) is 10.6 Å². The Morgan fingerprint density at radius 3 is 2.32 bits per heavy atom. The van der Waals surface area contributed by atoms with Gasteiger partial charge in [0.2, 0.25) is 0 Å². The first-order valence-electron chi connectivity index (χ1n) is 7.83. The van der Waals surface area contributed by atoms with Gasteiger partial charge in [0.25, 0.3) is 0 Å². The number of ether oxygens (including phenoxy) is 3. The molecule has 0 amide bonds. The SMILES string of the molecule is COC(=O)c1ccc2sc(C(=O)CC(=O)C3CC3)c(OC)c2c1OC. The molecule has 2 aromatic rings. The first-order valence-corrected chi connectivity index (χ1v) is 8.65. The third-order valence-electron chi connectivity index (χ3n) is 4.20. The Kier molecular flexibility index (Phi) is 4.76. The van der Waals surface area contributed by atoms with Crippen LogP contribution >= 0.6 is 11.3 Å². The smallest absolute Gasteiger partial charge is 0.341 e. The van der Waals surface area contributed by atoms with Gasteiger partial charge in [-0.15, -0.1) is 11.3 Å². The Balaban J connectivity index is 2.09. The number of carbonyl (C=O) groups is 3. The maximum absolute atomic E-state index is 12.6. The summed E-state index contributed by atoms with van der Waals surface area (Å²) in [5, 5.41) is 0.542. The Morgan fingerprint density at radius 2 is 1.76 bits per heavy atom. The van der Waals surface area contributed by atoms with E-state index in [2.05, 4.69) is 0 Å². The summed E-state index contributed by atoms with van der Waals surface area (Å²) in [6.07, 6.45) is 1.61. The van der Waals surface area contributed by atoms with Gasteiger partial charge in [0.15, 0.2) is 11.5 Å². The molecule has 6 nitrogen and oxygen atoms in total. The zero-order chi connectivity index (χ0) is 18.1. The summed E-state index contributed by atoms with van der Waals surface area (Å²) in [5.41, 5.74) is 0.252. The minimum Gasteiger partial charge on any atom is -0.495 e. The Morgan fingerprint density at radius 1 is 1.08 bits per heavy atom. The van der Waals surface area contributed by atoms with Gasteiger partial charge < -0.3 is 14.2 Å². The first-order chi connectivity index (χ1) is 12.0. The third kappa shape index (κ3) is 3.11. The molecule has 1 aliphatic rings. The van der Waals surface area contributed by atoms with Crippen molar-refractivity contribution in [1.29, 1.82) is 0 Å². The number of methoxy groups -OCH3 is 3. The predicted molar refractivity (Wildman–Crippen MR) is 92.9 cm³/mol. The van der Waals surface area contributed by atoms with E-state index in [0.717, 1.165) is 17.5 Å². The van der Waals surface area contributed by atoms with Crippen LogP contribution in [0.3, 0.4) is 0 Å². The fourth-order valence-electron chi connectivity index (χ4n) is 2.78. The van der Waals surface area contributed by atoms with Crippen molar-refractivity contribution in [3.63, 3.8) is 0 Å². The number of rotatable bonds is 7. The van der Waals surface area contributed by atoms with Crippen LogP contribution in [-0.2, 0) is 9.53 Å². The lowest BCUT2D eigenvalue weighted by atomic mass is 10.1. The van der Waals surface area contributed by atoms with Crippen LogP contribution in [0.15, 0.2) is 12.1 Å². The first kappa shape index (κ1) is 17.4. The molecule has 1 aromatic heterocycles. The summed E-state index contributed by atoms with van der Waals surface area (Å²) in [7, 11) is 4.18. The Labute approximate surface area is 148 Å². The molecule has 1 aliphatic carbocycles. The quantitative estimate of drug-likeness (QED) is 0.427. The molecule has 0 spiro atoms. The standard InChI is InChI=1S/C18H18O6S/c1-22-15-10(18(21)24-3)6-7-13-14(15)16(23-2)17(25-13)12(20)8-11(19)9-4-5-9/h6-7,9H,4-5,8H2,1-3H3. The molecular weight excluding hydrogens is 344 g/mol. The fourth-order valence-corrected chi connectivity index (χ4v) is 3.89. The zero-order valence-corrected chi connectivity index (χ0v) is 15.0. The van der Waals surface area contributed by atoms with Crippen LogP contribution in [0.1, 0.15) is 39.3 Å². The molecule has 1 heterocycles. The molecule has 0 unspecified atom stereocenters. The molecular formula is C18H18O6S. The molecule has 0 radical (unpaired) electrons. The van der Waals surface area contributed by atoms with Crippen LogP contribution in [0.5, 0.6) is 11.5 Å². The van der Waals surface area contributed by atoms with Crippen LogP contribution < -0.4 is 9.47 Å². The van der Waals surface area contributed by atoms with Crippen molar-refractivity contribution in [1.82, 2.24) is 0 Å². The third-order valence-corrected chi connectivity index (χ3v) is 5.38. The second-order valence-electron chi connectivity index (χ2n) is 5.82. The van der Waals surface area contributed by atoms with E-state index >= 15 is 0 Å². The van der Waals surface area contributed by atoms with Crippen molar-refractivity contribution in [2.24, 2.45) is 5.92 Å². The van der Waals surface area contributed by atoms with E-state index in [9.17, 15) is 14.4 Å². The summed E-state index contributed by atoms with van der Waals surface area (Å²) >= 11 is 1.23. The molecule has 0 saturated heterocycles. The van der Waals surface area contributed by atoms with Crippen LogP contribution in [0.2, 0.25) is 0 Å². The van der Waals surface area contributed by atoms with Crippen molar-refractivity contribution in [3.05, 3.63) is 22.6 Å². The summed E-state index contributed by atoms with van der Waals surface area (Å²) < 4.78 is 16.3. The number of thiophene rings is 1. The lowest BCUT2D eigenvalue weighted by Gasteiger charge is -2.09. The monoisotopic (exact) mass is 362 g/mol. The predicted octanol–water partition coefficient (Wildman–Crippen LogP) is 3.26. The zero-order valence-electron chi connectivity index (χ0n) is 14.2. The molecule has 0 aliphatic heterocycles. The van der Waals surface area contributed by atoms with Gasteiger partial charge in [-0.2, -0.15) is 0 Å². The second kappa shape index (κ2) is 6.84. The van der Waals surface area contributed by atoms with Crippen LogP contribution in [-0.4, -0.2) is 38.9 Å². The van der Waals surface area contributed by atoms with E-state index in [1.54, 1.807) is 12.1 Å². The molecule has 0 N–H and O–H groups in total. The maximum Gasteiger partial charge on any atom is 0.341 e. The van der Waals surface area contributed by atoms with Gasteiger partial charge in [-0.25, -0.2) is 4.79 Å². The minimum absolute atomic E-state index is 0.0216. The normalized spacial score (nSPS) is 13.6. The van der Waals surface area contributed by atoms with Crippen LogP contribution in [0.25, 0.3) is 10.1 Å². The number of fused-ring (bicyclic) bond motifs is 1. The minimum atomic E-state index is -0.538. The van der Waals surface area contributed by atoms with E-state index in [1.165, 1.54) is 32.7 Å². The number of benzene rings is 1. The number of hydrogen-bond acceptors (Lipinski definition) is 7. The topological polar surface area (TPSA) is 78.9 Å². The van der Waals surface area contributed by atoms with Crippen molar-refractivity contribution < 1.29 is 28.6 Å². The second-order valence-corrected chi connectivity index (χ2v) is 6.87. The Hall–Kier alpha value is -2.41. The molecule has 0 atom stereocenters.